The van der Waals surface area contributed by atoms with E-state index in [0.717, 1.165) is 38.5 Å². The quantitative estimate of drug-likeness (QED) is 0.567. The van der Waals surface area contributed by atoms with Crippen molar-refractivity contribution in [1.29, 1.82) is 0 Å². The molecule has 0 saturated heterocycles. The van der Waals surface area contributed by atoms with E-state index in [1.165, 1.54) is 0 Å². The van der Waals surface area contributed by atoms with E-state index >= 15 is 0 Å². The molecule has 0 aromatic rings. The molecular weight excluding hydrogens is 240 g/mol. The third kappa shape index (κ3) is 11.7. The van der Waals surface area contributed by atoms with Gasteiger partial charge in [0.2, 0.25) is 11.8 Å². The largest absolute Gasteiger partial charge is 0.354 e. The summed E-state index contributed by atoms with van der Waals surface area (Å²) < 4.78 is 0. The first-order chi connectivity index (χ1) is 9.10. The van der Waals surface area contributed by atoms with Gasteiger partial charge in [0.05, 0.1) is 0 Å². The van der Waals surface area contributed by atoms with Crippen LogP contribution >= 0.6 is 0 Å². The highest BCUT2D eigenvalue weighted by atomic mass is 16.2. The SMILES string of the molecule is CCCCCC(=O)NC[C@@H](C)NC(=O)CCCCC. The molecule has 0 aliphatic rings. The van der Waals surface area contributed by atoms with Crippen LogP contribution in [0, 0.1) is 0 Å². The maximum Gasteiger partial charge on any atom is 0.220 e. The van der Waals surface area contributed by atoms with Crippen LogP contribution < -0.4 is 10.6 Å². The van der Waals surface area contributed by atoms with Crippen molar-refractivity contribution < 1.29 is 9.59 Å². The molecule has 4 nitrogen and oxygen atoms in total. The Balaban J connectivity index is 3.59. The van der Waals surface area contributed by atoms with E-state index < -0.39 is 0 Å². The van der Waals surface area contributed by atoms with Gasteiger partial charge in [0.15, 0.2) is 0 Å². The highest BCUT2D eigenvalue weighted by molar-refractivity contribution is 5.77. The Morgan fingerprint density at radius 1 is 0.895 bits per heavy atom. The van der Waals surface area contributed by atoms with Crippen LogP contribution in [0.3, 0.4) is 0 Å². The van der Waals surface area contributed by atoms with E-state index in [1.807, 2.05) is 6.92 Å². The van der Waals surface area contributed by atoms with Crippen LogP contribution in [0.1, 0.15) is 72.1 Å². The molecule has 0 spiro atoms. The van der Waals surface area contributed by atoms with Crippen molar-refractivity contribution in [2.24, 2.45) is 0 Å². The molecule has 0 aromatic carbocycles. The lowest BCUT2D eigenvalue weighted by atomic mass is 10.2. The summed E-state index contributed by atoms with van der Waals surface area (Å²) >= 11 is 0. The number of unbranched alkanes of at least 4 members (excludes halogenated alkanes) is 4. The minimum atomic E-state index is 0.00394. The first-order valence-electron chi connectivity index (χ1n) is 7.66. The second-order valence-corrected chi connectivity index (χ2v) is 5.19. The molecule has 0 radical (unpaired) electrons. The molecule has 0 fully saturated rings. The molecule has 2 amide bonds. The van der Waals surface area contributed by atoms with Gasteiger partial charge < -0.3 is 10.6 Å². The van der Waals surface area contributed by atoms with Gasteiger partial charge in [-0.25, -0.2) is 0 Å². The lowest BCUT2D eigenvalue weighted by Gasteiger charge is -2.14. The Hall–Kier alpha value is -1.06. The van der Waals surface area contributed by atoms with Gasteiger partial charge >= 0.3 is 0 Å². The second kappa shape index (κ2) is 12.0. The minimum absolute atomic E-state index is 0.00394. The van der Waals surface area contributed by atoms with E-state index in [4.69, 9.17) is 0 Å². The molecule has 1 atom stereocenters. The normalized spacial score (nSPS) is 11.9. The number of nitrogens with one attached hydrogen (secondary N) is 2. The predicted molar refractivity (Wildman–Crippen MR) is 78.9 cm³/mol. The first kappa shape index (κ1) is 17.9. The van der Waals surface area contributed by atoms with Crippen molar-refractivity contribution in [3.05, 3.63) is 0 Å². The first-order valence-corrected chi connectivity index (χ1v) is 7.66. The molecule has 2 N–H and O–H groups in total. The van der Waals surface area contributed by atoms with Crippen LogP contribution in [0.5, 0.6) is 0 Å². The van der Waals surface area contributed by atoms with E-state index in [2.05, 4.69) is 24.5 Å². The molecule has 0 unspecified atom stereocenters. The number of hydrogen-bond acceptors (Lipinski definition) is 2. The third-order valence-electron chi connectivity index (χ3n) is 3.03. The number of hydrogen-bond donors (Lipinski definition) is 2. The summed E-state index contributed by atoms with van der Waals surface area (Å²) in [4.78, 5) is 23.1. The number of rotatable bonds is 11. The van der Waals surface area contributed by atoms with Gasteiger partial charge in [-0.05, 0) is 19.8 Å². The van der Waals surface area contributed by atoms with Gasteiger partial charge in [-0.1, -0.05) is 39.5 Å². The van der Waals surface area contributed by atoms with Gasteiger partial charge in [-0.3, -0.25) is 9.59 Å². The Bertz CT molecular complexity index is 255. The maximum atomic E-state index is 11.6. The molecule has 0 aromatic heterocycles. The molecular formula is C15H30N2O2. The van der Waals surface area contributed by atoms with Crippen molar-refractivity contribution >= 4 is 11.8 Å². The van der Waals surface area contributed by atoms with Crippen LogP contribution in [-0.2, 0) is 9.59 Å². The van der Waals surface area contributed by atoms with Gasteiger partial charge in [-0.15, -0.1) is 0 Å². The van der Waals surface area contributed by atoms with Crippen LogP contribution in [0.4, 0.5) is 0 Å². The predicted octanol–water partition coefficient (Wildman–Crippen LogP) is 2.77. The topological polar surface area (TPSA) is 58.2 Å². The number of amides is 2. The van der Waals surface area contributed by atoms with Gasteiger partial charge in [0.25, 0.3) is 0 Å². The van der Waals surface area contributed by atoms with E-state index in [-0.39, 0.29) is 17.9 Å². The van der Waals surface area contributed by atoms with E-state index in [0.29, 0.717) is 19.4 Å². The average molecular weight is 270 g/mol. The molecule has 0 aliphatic heterocycles. The zero-order valence-electron chi connectivity index (χ0n) is 12.8. The monoisotopic (exact) mass is 270 g/mol. The molecule has 0 aliphatic carbocycles. The number of carbonyl (C=O) groups is 2. The van der Waals surface area contributed by atoms with Gasteiger partial charge in [0.1, 0.15) is 0 Å². The summed E-state index contributed by atoms with van der Waals surface area (Å²) in [6.45, 7) is 6.68. The lowest BCUT2D eigenvalue weighted by Crippen LogP contribution is -2.41. The van der Waals surface area contributed by atoms with Crippen molar-refractivity contribution in [2.45, 2.75) is 78.2 Å². The maximum absolute atomic E-state index is 11.6. The zero-order valence-corrected chi connectivity index (χ0v) is 12.8. The molecule has 4 heteroatoms. The Morgan fingerprint density at radius 3 is 1.95 bits per heavy atom. The van der Waals surface area contributed by atoms with Crippen LogP contribution in [0.2, 0.25) is 0 Å². The van der Waals surface area contributed by atoms with Crippen LogP contribution in [0.25, 0.3) is 0 Å². The smallest absolute Gasteiger partial charge is 0.220 e. The summed E-state index contributed by atoms with van der Waals surface area (Å²) in [6, 6.07) is 0.00394. The summed E-state index contributed by atoms with van der Waals surface area (Å²) in [7, 11) is 0. The number of carbonyl (C=O) groups excluding carboxylic acids is 2. The second-order valence-electron chi connectivity index (χ2n) is 5.19. The molecule has 0 saturated carbocycles. The summed E-state index contributed by atoms with van der Waals surface area (Å²) in [5.41, 5.74) is 0. The molecule has 0 bridgehead atoms. The highest BCUT2D eigenvalue weighted by Gasteiger charge is 2.08. The minimum Gasteiger partial charge on any atom is -0.354 e. The van der Waals surface area contributed by atoms with Gasteiger partial charge in [0, 0.05) is 25.4 Å². The molecule has 19 heavy (non-hydrogen) atoms. The Kier molecular flexibility index (Phi) is 11.3. The molecule has 0 rings (SSSR count). The van der Waals surface area contributed by atoms with Gasteiger partial charge in [-0.2, -0.15) is 0 Å². The fourth-order valence-electron chi connectivity index (χ4n) is 1.82. The fourth-order valence-corrected chi connectivity index (χ4v) is 1.82. The summed E-state index contributed by atoms with van der Waals surface area (Å²) in [5, 5.41) is 5.77. The summed E-state index contributed by atoms with van der Waals surface area (Å²) in [5.74, 6) is 0.168. The van der Waals surface area contributed by atoms with Crippen LogP contribution in [0.15, 0.2) is 0 Å². The Labute approximate surface area is 117 Å². The van der Waals surface area contributed by atoms with Crippen molar-refractivity contribution in [3.8, 4) is 0 Å². The van der Waals surface area contributed by atoms with Crippen molar-refractivity contribution in [3.63, 3.8) is 0 Å². The van der Waals surface area contributed by atoms with Crippen molar-refractivity contribution in [2.75, 3.05) is 6.54 Å². The van der Waals surface area contributed by atoms with E-state index in [1.54, 1.807) is 0 Å². The Morgan fingerprint density at radius 2 is 1.42 bits per heavy atom. The lowest BCUT2D eigenvalue weighted by molar-refractivity contribution is -0.123. The van der Waals surface area contributed by atoms with E-state index in [9.17, 15) is 9.59 Å². The average Bonchev–Trinajstić information content (AvgIpc) is 2.37. The highest BCUT2D eigenvalue weighted by Crippen LogP contribution is 1.99. The summed E-state index contributed by atoms with van der Waals surface area (Å²) in [6.07, 6.45) is 7.49. The molecule has 112 valence electrons. The van der Waals surface area contributed by atoms with Crippen molar-refractivity contribution in [1.82, 2.24) is 10.6 Å². The third-order valence-corrected chi connectivity index (χ3v) is 3.03. The van der Waals surface area contributed by atoms with Crippen LogP contribution in [-0.4, -0.2) is 24.4 Å². The standard InChI is InChI=1S/C15H30N2O2/c1-4-6-8-10-14(18)16-12-13(3)17-15(19)11-9-7-5-2/h13H,4-12H2,1-3H3,(H,16,18)(H,17,19)/t13-/m1/s1. The fraction of sp³-hybridized carbons (Fsp3) is 0.867. The zero-order chi connectivity index (χ0) is 14.5. The molecule has 0 heterocycles.